The van der Waals surface area contributed by atoms with Crippen LogP contribution in [0.3, 0.4) is 0 Å². The number of primary amides is 1. The Hall–Kier alpha value is -3.40. The van der Waals surface area contributed by atoms with Crippen LogP contribution in [0.25, 0.3) is 11.0 Å². The van der Waals surface area contributed by atoms with Crippen LogP contribution in [0.1, 0.15) is 21.7 Å². The van der Waals surface area contributed by atoms with Gasteiger partial charge in [-0.2, -0.15) is 0 Å². The molecule has 156 valence electrons. The molecule has 1 aliphatic heterocycles. The van der Waals surface area contributed by atoms with Gasteiger partial charge in [0.2, 0.25) is 0 Å². The molecule has 0 radical (unpaired) electrons. The van der Waals surface area contributed by atoms with Crippen LogP contribution in [0.15, 0.2) is 29.2 Å². The number of fused-ring (bicyclic) bond motifs is 1. The number of carbonyl (C=O) groups excluding carboxylic acids is 1. The van der Waals surface area contributed by atoms with Crippen molar-refractivity contribution in [3.8, 4) is 0 Å². The van der Waals surface area contributed by atoms with Crippen molar-refractivity contribution in [1.82, 2.24) is 19.9 Å². The van der Waals surface area contributed by atoms with Crippen molar-refractivity contribution in [3.05, 3.63) is 63.3 Å². The van der Waals surface area contributed by atoms with E-state index in [4.69, 9.17) is 5.73 Å². The van der Waals surface area contributed by atoms with Crippen molar-refractivity contribution < 1.29 is 13.6 Å². The van der Waals surface area contributed by atoms with E-state index in [0.717, 1.165) is 0 Å². The normalized spacial score (nSPS) is 15.0. The van der Waals surface area contributed by atoms with E-state index in [1.165, 1.54) is 12.3 Å². The van der Waals surface area contributed by atoms with Crippen molar-refractivity contribution in [2.75, 3.05) is 31.1 Å². The number of halogens is 2. The molecule has 4 rings (SSSR count). The molecular formula is C20H20F2N6O2. The summed E-state index contributed by atoms with van der Waals surface area (Å²) in [4.78, 5) is 37.4. The summed E-state index contributed by atoms with van der Waals surface area (Å²) in [5, 5.41) is 0. The van der Waals surface area contributed by atoms with Crippen LogP contribution < -0.4 is 16.2 Å². The third-order valence-corrected chi connectivity index (χ3v) is 5.25. The van der Waals surface area contributed by atoms with E-state index < -0.39 is 23.1 Å². The second-order valence-corrected chi connectivity index (χ2v) is 7.24. The SMILES string of the molecule is Cc1nc2ccc(CN3CCN(c4cnc(C(N)=O)c(F)c4)CC3)c(F)c2[nH]c1=O. The number of nitrogens with zero attached hydrogens (tertiary/aromatic N) is 4. The van der Waals surface area contributed by atoms with Gasteiger partial charge in [-0.3, -0.25) is 14.5 Å². The fourth-order valence-electron chi connectivity index (χ4n) is 3.57. The molecule has 3 N–H and O–H groups in total. The van der Waals surface area contributed by atoms with E-state index in [9.17, 15) is 18.4 Å². The molecule has 0 atom stereocenters. The number of H-pyrrole nitrogens is 1. The minimum Gasteiger partial charge on any atom is -0.368 e. The number of carbonyl (C=O) groups is 1. The van der Waals surface area contributed by atoms with Gasteiger partial charge < -0.3 is 15.6 Å². The molecule has 30 heavy (non-hydrogen) atoms. The molecular weight excluding hydrogens is 394 g/mol. The van der Waals surface area contributed by atoms with Crippen LogP contribution in [0.4, 0.5) is 14.5 Å². The summed E-state index contributed by atoms with van der Waals surface area (Å²) < 4.78 is 28.9. The molecule has 1 amide bonds. The molecule has 10 heteroatoms. The first kappa shape index (κ1) is 19.9. The Morgan fingerprint density at radius 3 is 2.63 bits per heavy atom. The number of pyridine rings is 1. The molecule has 1 aliphatic rings. The number of nitrogens with one attached hydrogen (secondary N) is 1. The fourth-order valence-corrected chi connectivity index (χ4v) is 3.57. The maximum atomic E-state index is 14.9. The lowest BCUT2D eigenvalue weighted by atomic mass is 10.1. The summed E-state index contributed by atoms with van der Waals surface area (Å²) in [5.41, 5.74) is 6.13. The predicted molar refractivity (Wildman–Crippen MR) is 107 cm³/mol. The molecule has 1 saturated heterocycles. The molecule has 0 saturated carbocycles. The molecule has 0 bridgehead atoms. The first-order valence-electron chi connectivity index (χ1n) is 9.44. The van der Waals surface area contributed by atoms with E-state index in [0.29, 0.717) is 55.2 Å². The van der Waals surface area contributed by atoms with Gasteiger partial charge in [-0.1, -0.05) is 6.07 Å². The fraction of sp³-hybridized carbons (Fsp3) is 0.300. The van der Waals surface area contributed by atoms with Crippen LogP contribution in [0.5, 0.6) is 0 Å². The highest BCUT2D eigenvalue weighted by Crippen LogP contribution is 2.21. The third-order valence-electron chi connectivity index (χ3n) is 5.25. The topological polar surface area (TPSA) is 108 Å². The van der Waals surface area contributed by atoms with E-state index in [1.54, 1.807) is 19.1 Å². The molecule has 0 spiro atoms. The Kier molecular flexibility index (Phi) is 5.17. The number of hydrogen-bond donors (Lipinski definition) is 2. The third kappa shape index (κ3) is 3.73. The van der Waals surface area contributed by atoms with Crippen LogP contribution in [0.2, 0.25) is 0 Å². The van der Waals surface area contributed by atoms with Gasteiger partial charge >= 0.3 is 0 Å². The number of anilines is 1. The van der Waals surface area contributed by atoms with Gasteiger partial charge in [-0.25, -0.2) is 18.7 Å². The van der Waals surface area contributed by atoms with E-state index >= 15 is 0 Å². The summed E-state index contributed by atoms with van der Waals surface area (Å²) in [6, 6.07) is 4.62. The first-order chi connectivity index (χ1) is 14.3. The van der Waals surface area contributed by atoms with E-state index in [1.807, 2.05) is 4.90 Å². The highest BCUT2D eigenvalue weighted by atomic mass is 19.1. The van der Waals surface area contributed by atoms with Crippen LogP contribution >= 0.6 is 0 Å². The lowest BCUT2D eigenvalue weighted by Gasteiger charge is -2.36. The molecule has 3 aromatic rings. The highest BCUT2D eigenvalue weighted by Gasteiger charge is 2.21. The summed E-state index contributed by atoms with van der Waals surface area (Å²) in [5.74, 6) is -2.14. The average Bonchev–Trinajstić information content (AvgIpc) is 2.72. The van der Waals surface area contributed by atoms with E-state index in [-0.39, 0.29) is 11.2 Å². The summed E-state index contributed by atoms with van der Waals surface area (Å²) >= 11 is 0. The predicted octanol–water partition coefficient (Wildman–Crippen LogP) is 1.33. The quantitative estimate of drug-likeness (QED) is 0.667. The van der Waals surface area contributed by atoms with Crippen molar-refractivity contribution in [1.29, 1.82) is 0 Å². The highest BCUT2D eigenvalue weighted by molar-refractivity contribution is 5.91. The zero-order chi connectivity index (χ0) is 21.4. The number of benzene rings is 1. The maximum absolute atomic E-state index is 14.9. The number of rotatable bonds is 4. The Morgan fingerprint density at radius 2 is 1.97 bits per heavy atom. The number of hydrogen-bond acceptors (Lipinski definition) is 6. The van der Waals surface area contributed by atoms with Gasteiger partial charge in [-0.05, 0) is 13.0 Å². The van der Waals surface area contributed by atoms with Gasteiger partial charge in [0.15, 0.2) is 17.3 Å². The number of piperazine rings is 1. The monoisotopic (exact) mass is 414 g/mol. The molecule has 0 unspecified atom stereocenters. The van der Waals surface area contributed by atoms with Gasteiger partial charge in [0, 0.05) is 44.4 Å². The van der Waals surface area contributed by atoms with Crippen LogP contribution in [-0.2, 0) is 6.54 Å². The number of nitrogens with two attached hydrogens (primary N) is 1. The molecule has 0 aliphatic carbocycles. The van der Waals surface area contributed by atoms with Crippen molar-refractivity contribution in [2.24, 2.45) is 5.73 Å². The summed E-state index contributed by atoms with van der Waals surface area (Å²) in [6.45, 7) is 4.37. The van der Waals surface area contributed by atoms with Gasteiger partial charge in [-0.15, -0.1) is 0 Å². The second kappa shape index (κ2) is 7.79. The van der Waals surface area contributed by atoms with Gasteiger partial charge in [0.05, 0.1) is 17.4 Å². The maximum Gasteiger partial charge on any atom is 0.270 e. The standard InChI is InChI=1S/C20H20F2N6O2/c1-11-20(30)26-18-15(25-11)3-2-12(16(18)22)10-27-4-6-28(7-5-27)13-8-14(21)17(19(23)29)24-9-13/h2-3,8-9H,4-7,10H2,1H3,(H2,23,29)(H,26,30). The zero-order valence-electron chi connectivity index (χ0n) is 16.3. The Morgan fingerprint density at radius 1 is 1.23 bits per heavy atom. The number of aromatic nitrogens is 3. The smallest absolute Gasteiger partial charge is 0.270 e. The zero-order valence-corrected chi connectivity index (χ0v) is 16.3. The van der Waals surface area contributed by atoms with Crippen LogP contribution in [-0.4, -0.2) is 51.9 Å². The van der Waals surface area contributed by atoms with Crippen molar-refractivity contribution in [2.45, 2.75) is 13.5 Å². The van der Waals surface area contributed by atoms with Gasteiger partial charge in [0.25, 0.3) is 11.5 Å². The Labute approximate surface area is 170 Å². The lowest BCUT2D eigenvalue weighted by Crippen LogP contribution is -2.46. The number of aromatic amines is 1. The molecule has 1 aromatic carbocycles. The summed E-state index contributed by atoms with van der Waals surface area (Å²) in [7, 11) is 0. The van der Waals surface area contributed by atoms with Crippen LogP contribution in [0, 0.1) is 18.6 Å². The molecule has 8 nitrogen and oxygen atoms in total. The largest absolute Gasteiger partial charge is 0.368 e. The Bertz CT molecular complexity index is 1190. The second-order valence-electron chi connectivity index (χ2n) is 7.24. The lowest BCUT2D eigenvalue weighted by molar-refractivity contribution is 0.0991. The minimum absolute atomic E-state index is 0.109. The van der Waals surface area contributed by atoms with E-state index in [2.05, 4.69) is 19.9 Å². The number of aryl methyl sites for hydroxylation is 1. The molecule has 1 fully saturated rings. The minimum atomic E-state index is -0.909. The Balaban J connectivity index is 1.46. The first-order valence-corrected chi connectivity index (χ1v) is 9.44. The summed E-state index contributed by atoms with van der Waals surface area (Å²) in [6.07, 6.45) is 1.42. The number of amides is 1. The van der Waals surface area contributed by atoms with Crippen molar-refractivity contribution in [3.63, 3.8) is 0 Å². The van der Waals surface area contributed by atoms with Crippen molar-refractivity contribution >= 4 is 22.6 Å². The average molecular weight is 414 g/mol. The molecule has 2 aromatic heterocycles. The van der Waals surface area contributed by atoms with Gasteiger partial charge in [0.1, 0.15) is 11.2 Å². The molecule has 3 heterocycles.